The third-order valence-electron chi connectivity index (χ3n) is 3.85. The van der Waals surface area contributed by atoms with Crippen LogP contribution in [0.15, 0.2) is 28.7 Å². The van der Waals surface area contributed by atoms with Crippen molar-refractivity contribution in [1.29, 1.82) is 0 Å². The average molecular weight is 283 g/mol. The number of ether oxygens (including phenoxy) is 1. The maximum absolute atomic E-state index is 5.93. The molecule has 1 aliphatic rings. The predicted octanol–water partition coefficient (Wildman–Crippen LogP) is 3.28. The minimum atomic E-state index is 0.264. The first-order valence-corrected chi connectivity index (χ1v) is 7.32. The van der Waals surface area contributed by atoms with Crippen LogP contribution in [-0.2, 0) is 4.74 Å². The van der Waals surface area contributed by atoms with Gasteiger partial charge in [0.25, 0.3) is 0 Å². The molecule has 1 atom stereocenters. The Balaban J connectivity index is 1.76. The van der Waals surface area contributed by atoms with E-state index < -0.39 is 0 Å². The zero-order valence-corrected chi connectivity index (χ0v) is 11.9. The van der Waals surface area contributed by atoms with E-state index in [1.165, 1.54) is 0 Å². The number of aromatic nitrogens is 2. The standard InChI is InChI=1S/C16H17N3O2/c1-10-18-14-12-6-2-3-7-13(12)21-15(14)16(19-10)17-9-11-5-4-8-20-11/h2-3,6-7,11H,4-5,8-9H2,1H3,(H,17,18,19)/t11-/m0/s1. The molecule has 0 aliphatic carbocycles. The first-order chi connectivity index (χ1) is 10.3. The van der Waals surface area contributed by atoms with Crippen molar-refractivity contribution in [2.45, 2.75) is 25.9 Å². The smallest absolute Gasteiger partial charge is 0.196 e. The molecule has 0 unspecified atom stereocenters. The highest BCUT2D eigenvalue weighted by Crippen LogP contribution is 2.31. The van der Waals surface area contributed by atoms with Crippen molar-refractivity contribution in [3.63, 3.8) is 0 Å². The minimum Gasteiger partial charge on any atom is -0.450 e. The molecule has 3 heterocycles. The van der Waals surface area contributed by atoms with Gasteiger partial charge in [-0.3, -0.25) is 0 Å². The highest BCUT2D eigenvalue weighted by Gasteiger charge is 2.18. The van der Waals surface area contributed by atoms with Crippen molar-refractivity contribution < 1.29 is 9.15 Å². The average Bonchev–Trinajstić information content (AvgIpc) is 3.12. The van der Waals surface area contributed by atoms with Crippen LogP contribution in [0.25, 0.3) is 22.1 Å². The van der Waals surface area contributed by atoms with Crippen LogP contribution in [-0.4, -0.2) is 29.2 Å². The number of anilines is 1. The quantitative estimate of drug-likeness (QED) is 0.799. The molecule has 1 aromatic carbocycles. The lowest BCUT2D eigenvalue weighted by molar-refractivity contribution is 0.120. The van der Waals surface area contributed by atoms with E-state index in [-0.39, 0.29) is 6.10 Å². The number of rotatable bonds is 3. The second kappa shape index (κ2) is 5.00. The molecule has 0 saturated carbocycles. The Morgan fingerprint density at radius 2 is 2.19 bits per heavy atom. The fourth-order valence-electron chi connectivity index (χ4n) is 2.84. The van der Waals surface area contributed by atoms with Crippen molar-refractivity contribution in [3.05, 3.63) is 30.1 Å². The van der Waals surface area contributed by atoms with Crippen molar-refractivity contribution in [2.24, 2.45) is 0 Å². The molecule has 0 radical (unpaired) electrons. The van der Waals surface area contributed by atoms with Gasteiger partial charge in [0.15, 0.2) is 11.4 Å². The fraction of sp³-hybridized carbons (Fsp3) is 0.375. The van der Waals surface area contributed by atoms with Gasteiger partial charge >= 0.3 is 0 Å². The molecule has 2 aromatic heterocycles. The number of aryl methyl sites for hydroxylation is 1. The number of nitrogens with zero attached hydrogens (tertiary/aromatic N) is 2. The monoisotopic (exact) mass is 283 g/mol. The summed E-state index contributed by atoms with van der Waals surface area (Å²) in [5, 5.41) is 4.39. The second-order valence-electron chi connectivity index (χ2n) is 5.41. The van der Waals surface area contributed by atoms with Crippen molar-refractivity contribution >= 4 is 27.9 Å². The van der Waals surface area contributed by atoms with Gasteiger partial charge in [0.2, 0.25) is 0 Å². The number of para-hydroxylation sites is 1. The van der Waals surface area contributed by atoms with E-state index in [1.54, 1.807) is 0 Å². The summed E-state index contributed by atoms with van der Waals surface area (Å²) >= 11 is 0. The lowest BCUT2D eigenvalue weighted by Gasteiger charge is -2.11. The van der Waals surface area contributed by atoms with E-state index in [0.717, 1.165) is 59.7 Å². The van der Waals surface area contributed by atoms with Crippen molar-refractivity contribution in [1.82, 2.24) is 9.97 Å². The molecule has 1 aliphatic heterocycles. The summed E-state index contributed by atoms with van der Waals surface area (Å²) < 4.78 is 11.6. The van der Waals surface area contributed by atoms with Gasteiger partial charge in [-0.25, -0.2) is 9.97 Å². The molecule has 0 bridgehead atoms. The maximum atomic E-state index is 5.93. The van der Waals surface area contributed by atoms with Gasteiger partial charge in [0.05, 0.1) is 6.10 Å². The molecule has 1 N–H and O–H groups in total. The van der Waals surface area contributed by atoms with Gasteiger partial charge in [-0.05, 0) is 31.9 Å². The molecule has 108 valence electrons. The number of hydrogen-bond donors (Lipinski definition) is 1. The number of nitrogens with one attached hydrogen (secondary N) is 1. The van der Waals surface area contributed by atoms with Gasteiger partial charge < -0.3 is 14.5 Å². The Kier molecular flexibility index (Phi) is 3.00. The third-order valence-corrected chi connectivity index (χ3v) is 3.85. The SMILES string of the molecule is Cc1nc(NC[C@@H]2CCCO2)c2oc3ccccc3c2n1. The Labute approximate surface area is 122 Å². The fourth-order valence-corrected chi connectivity index (χ4v) is 2.84. The van der Waals surface area contributed by atoms with E-state index >= 15 is 0 Å². The van der Waals surface area contributed by atoms with Crippen molar-refractivity contribution in [2.75, 3.05) is 18.5 Å². The Hall–Kier alpha value is -2.14. The van der Waals surface area contributed by atoms with Crippen LogP contribution < -0.4 is 5.32 Å². The first kappa shape index (κ1) is 12.6. The molecule has 0 spiro atoms. The van der Waals surface area contributed by atoms with Crippen LogP contribution in [0, 0.1) is 6.92 Å². The van der Waals surface area contributed by atoms with Crippen LogP contribution in [0.4, 0.5) is 5.82 Å². The lowest BCUT2D eigenvalue weighted by Crippen LogP contribution is -2.19. The van der Waals surface area contributed by atoms with E-state index in [9.17, 15) is 0 Å². The maximum Gasteiger partial charge on any atom is 0.196 e. The second-order valence-corrected chi connectivity index (χ2v) is 5.41. The number of benzene rings is 1. The zero-order valence-electron chi connectivity index (χ0n) is 11.9. The topological polar surface area (TPSA) is 60.2 Å². The molecular formula is C16H17N3O2. The summed E-state index contributed by atoms with van der Waals surface area (Å²) in [4.78, 5) is 9.01. The van der Waals surface area contributed by atoms with Crippen LogP contribution in [0.2, 0.25) is 0 Å². The van der Waals surface area contributed by atoms with Crippen molar-refractivity contribution in [3.8, 4) is 0 Å². The van der Waals surface area contributed by atoms with Gasteiger partial charge in [0.1, 0.15) is 16.9 Å². The summed E-state index contributed by atoms with van der Waals surface area (Å²) in [7, 11) is 0. The van der Waals surface area contributed by atoms with Gasteiger partial charge in [-0.2, -0.15) is 0 Å². The van der Waals surface area contributed by atoms with E-state index in [1.807, 2.05) is 31.2 Å². The summed E-state index contributed by atoms with van der Waals surface area (Å²) in [6.45, 7) is 3.51. The van der Waals surface area contributed by atoms with Crippen LogP contribution >= 0.6 is 0 Å². The minimum absolute atomic E-state index is 0.264. The van der Waals surface area contributed by atoms with E-state index in [0.29, 0.717) is 0 Å². The Morgan fingerprint density at radius 1 is 1.29 bits per heavy atom. The van der Waals surface area contributed by atoms with Crippen LogP contribution in [0.3, 0.4) is 0 Å². The molecule has 1 fully saturated rings. The third kappa shape index (κ3) is 2.23. The largest absolute Gasteiger partial charge is 0.450 e. The predicted molar refractivity (Wildman–Crippen MR) is 81.5 cm³/mol. The first-order valence-electron chi connectivity index (χ1n) is 7.32. The molecule has 21 heavy (non-hydrogen) atoms. The highest BCUT2D eigenvalue weighted by molar-refractivity contribution is 6.05. The Bertz CT molecular complexity index is 791. The lowest BCUT2D eigenvalue weighted by atomic mass is 10.2. The zero-order chi connectivity index (χ0) is 14.2. The van der Waals surface area contributed by atoms with Gasteiger partial charge in [0, 0.05) is 18.5 Å². The molecule has 5 heteroatoms. The van der Waals surface area contributed by atoms with E-state index in [2.05, 4.69) is 15.3 Å². The Morgan fingerprint density at radius 3 is 3.05 bits per heavy atom. The summed E-state index contributed by atoms with van der Waals surface area (Å²) in [5.41, 5.74) is 2.43. The number of furan rings is 1. The summed E-state index contributed by atoms with van der Waals surface area (Å²) in [6.07, 6.45) is 2.50. The van der Waals surface area contributed by atoms with Gasteiger partial charge in [-0.15, -0.1) is 0 Å². The van der Waals surface area contributed by atoms with E-state index in [4.69, 9.17) is 9.15 Å². The molecule has 0 amide bonds. The van der Waals surface area contributed by atoms with Crippen LogP contribution in [0.1, 0.15) is 18.7 Å². The molecule has 5 nitrogen and oxygen atoms in total. The number of fused-ring (bicyclic) bond motifs is 3. The van der Waals surface area contributed by atoms with Crippen LogP contribution in [0.5, 0.6) is 0 Å². The van der Waals surface area contributed by atoms with Gasteiger partial charge in [-0.1, -0.05) is 12.1 Å². The highest BCUT2D eigenvalue weighted by atomic mass is 16.5. The normalized spacial score (nSPS) is 18.6. The summed E-state index contributed by atoms with van der Waals surface area (Å²) in [6, 6.07) is 7.94. The molecular weight excluding hydrogens is 266 g/mol. The molecule has 3 aromatic rings. The molecule has 4 rings (SSSR count). The number of hydrogen-bond acceptors (Lipinski definition) is 5. The molecule has 1 saturated heterocycles. The summed E-state index contributed by atoms with van der Waals surface area (Å²) in [5.74, 6) is 1.49.